The van der Waals surface area contributed by atoms with Gasteiger partial charge in [-0.3, -0.25) is 10.2 Å². The van der Waals surface area contributed by atoms with Gasteiger partial charge in [-0.15, -0.1) is 0 Å². The number of benzene rings is 2. The first-order valence-electron chi connectivity index (χ1n) is 7.05. The van der Waals surface area contributed by atoms with Crippen LogP contribution >= 0.6 is 0 Å². The minimum Gasteiger partial charge on any atom is -0.378 e. The Labute approximate surface area is 125 Å². The van der Waals surface area contributed by atoms with E-state index in [-0.39, 0.29) is 5.91 Å². The maximum atomic E-state index is 12.2. The molecule has 0 bridgehead atoms. The van der Waals surface area contributed by atoms with Gasteiger partial charge in [0.2, 0.25) is 0 Å². The highest BCUT2D eigenvalue weighted by Crippen LogP contribution is 2.32. The van der Waals surface area contributed by atoms with Crippen molar-refractivity contribution in [1.82, 2.24) is 10.4 Å². The van der Waals surface area contributed by atoms with Gasteiger partial charge in [0.25, 0.3) is 5.91 Å². The Kier molecular flexibility index (Phi) is 3.62. The van der Waals surface area contributed by atoms with E-state index in [1.807, 2.05) is 66.5 Å². The first-order valence-corrected chi connectivity index (χ1v) is 7.05. The van der Waals surface area contributed by atoms with E-state index < -0.39 is 0 Å². The third-order valence-electron chi connectivity index (χ3n) is 3.69. The Morgan fingerprint density at radius 1 is 1.10 bits per heavy atom. The molecule has 2 aromatic rings. The standard InChI is InChI=1S/C17H19N3O/c1-19(2)15-10-8-14(9-11-15)17(21)18-20-12-16(20)13-6-4-3-5-7-13/h3-11,16H,12H2,1-2H3,(H,18,21). The number of nitrogens with zero attached hydrogens (tertiary/aromatic N) is 2. The van der Waals surface area contributed by atoms with Gasteiger partial charge in [-0.25, -0.2) is 5.01 Å². The number of carbonyl (C=O) groups excluding carboxylic acids is 1. The zero-order valence-corrected chi connectivity index (χ0v) is 12.3. The van der Waals surface area contributed by atoms with Crippen molar-refractivity contribution >= 4 is 11.6 Å². The van der Waals surface area contributed by atoms with Crippen LogP contribution in [-0.2, 0) is 0 Å². The van der Waals surface area contributed by atoms with E-state index in [0.29, 0.717) is 11.6 Å². The van der Waals surface area contributed by atoms with Crippen molar-refractivity contribution in [3.8, 4) is 0 Å². The Bertz CT molecular complexity index is 622. The molecule has 1 fully saturated rings. The molecule has 0 radical (unpaired) electrons. The molecule has 1 aliphatic heterocycles. The van der Waals surface area contributed by atoms with Crippen LogP contribution in [0.2, 0.25) is 0 Å². The first kappa shape index (κ1) is 13.6. The molecule has 1 amide bonds. The molecule has 0 aromatic heterocycles. The molecule has 2 aromatic carbocycles. The van der Waals surface area contributed by atoms with Gasteiger partial charge < -0.3 is 4.90 Å². The molecular weight excluding hydrogens is 262 g/mol. The predicted molar refractivity (Wildman–Crippen MR) is 84.1 cm³/mol. The van der Waals surface area contributed by atoms with Crippen LogP contribution in [0.15, 0.2) is 54.6 Å². The molecule has 21 heavy (non-hydrogen) atoms. The second-order valence-corrected chi connectivity index (χ2v) is 5.46. The van der Waals surface area contributed by atoms with E-state index in [9.17, 15) is 4.79 Å². The van der Waals surface area contributed by atoms with Gasteiger partial charge in [0.05, 0.1) is 6.04 Å². The number of rotatable bonds is 4. The molecular formula is C17H19N3O. The molecule has 1 aliphatic rings. The Hall–Kier alpha value is -2.33. The minimum atomic E-state index is -0.0567. The molecule has 0 saturated carbocycles. The van der Waals surface area contributed by atoms with Gasteiger partial charge in [-0.05, 0) is 29.8 Å². The van der Waals surface area contributed by atoms with E-state index in [0.717, 1.165) is 12.2 Å². The lowest BCUT2D eigenvalue weighted by Gasteiger charge is -2.13. The lowest BCUT2D eigenvalue weighted by atomic mass is 10.2. The Balaban J connectivity index is 1.60. The van der Waals surface area contributed by atoms with Crippen molar-refractivity contribution in [3.63, 3.8) is 0 Å². The van der Waals surface area contributed by atoms with Crippen LogP contribution in [0, 0.1) is 0 Å². The molecule has 0 aliphatic carbocycles. The maximum Gasteiger partial charge on any atom is 0.265 e. The minimum absolute atomic E-state index is 0.0567. The van der Waals surface area contributed by atoms with Crippen LogP contribution in [0.3, 0.4) is 0 Å². The molecule has 1 N–H and O–H groups in total. The summed E-state index contributed by atoms with van der Waals surface area (Å²) in [5, 5.41) is 1.96. The van der Waals surface area contributed by atoms with Crippen LogP contribution in [0.25, 0.3) is 0 Å². The molecule has 4 nitrogen and oxygen atoms in total. The van der Waals surface area contributed by atoms with Crippen LogP contribution in [0.4, 0.5) is 5.69 Å². The second kappa shape index (κ2) is 5.58. The van der Waals surface area contributed by atoms with Crippen molar-refractivity contribution < 1.29 is 4.79 Å². The number of anilines is 1. The van der Waals surface area contributed by atoms with E-state index in [1.54, 1.807) is 0 Å². The molecule has 108 valence electrons. The lowest BCUT2D eigenvalue weighted by Crippen LogP contribution is -2.29. The van der Waals surface area contributed by atoms with E-state index in [2.05, 4.69) is 17.6 Å². The molecule has 2 unspecified atom stereocenters. The van der Waals surface area contributed by atoms with E-state index in [4.69, 9.17) is 0 Å². The highest BCUT2D eigenvalue weighted by molar-refractivity contribution is 5.94. The maximum absolute atomic E-state index is 12.2. The Morgan fingerprint density at radius 3 is 2.38 bits per heavy atom. The topological polar surface area (TPSA) is 35.4 Å². The zero-order chi connectivity index (χ0) is 14.8. The molecule has 3 rings (SSSR count). The average molecular weight is 281 g/mol. The van der Waals surface area contributed by atoms with Crippen LogP contribution < -0.4 is 10.3 Å². The van der Waals surface area contributed by atoms with Crippen molar-refractivity contribution in [1.29, 1.82) is 0 Å². The van der Waals surface area contributed by atoms with Gasteiger partial charge in [0.15, 0.2) is 0 Å². The monoisotopic (exact) mass is 281 g/mol. The van der Waals surface area contributed by atoms with Crippen LogP contribution in [-0.4, -0.2) is 31.6 Å². The molecule has 2 atom stereocenters. The summed E-state index contributed by atoms with van der Waals surface area (Å²) in [5.74, 6) is -0.0567. The van der Waals surface area contributed by atoms with Gasteiger partial charge in [-0.2, -0.15) is 0 Å². The average Bonchev–Trinajstić information content (AvgIpc) is 3.27. The number of hydrogen-bond donors (Lipinski definition) is 1. The largest absolute Gasteiger partial charge is 0.378 e. The highest BCUT2D eigenvalue weighted by atomic mass is 16.2. The second-order valence-electron chi connectivity index (χ2n) is 5.46. The summed E-state index contributed by atoms with van der Waals surface area (Å²) in [6.07, 6.45) is 0. The summed E-state index contributed by atoms with van der Waals surface area (Å²) >= 11 is 0. The van der Waals surface area contributed by atoms with Crippen LogP contribution in [0.5, 0.6) is 0 Å². The summed E-state index contributed by atoms with van der Waals surface area (Å²) in [4.78, 5) is 14.2. The van der Waals surface area contributed by atoms with Crippen molar-refractivity contribution in [2.75, 3.05) is 25.5 Å². The SMILES string of the molecule is CN(C)c1ccc(C(=O)NN2CC2c2ccccc2)cc1. The molecule has 1 heterocycles. The normalized spacial score (nSPS) is 19.9. The van der Waals surface area contributed by atoms with Crippen molar-refractivity contribution in [3.05, 3.63) is 65.7 Å². The van der Waals surface area contributed by atoms with Crippen molar-refractivity contribution in [2.24, 2.45) is 0 Å². The van der Waals surface area contributed by atoms with E-state index in [1.165, 1.54) is 5.56 Å². The number of amides is 1. The van der Waals surface area contributed by atoms with Gasteiger partial charge in [-0.1, -0.05) is 30.3 Å². The fourth-order valence-electron chi connectivity index (χ4n) is 2.33. The fourth-order valence-corrected chi connectivity index (χ4v) is 2.33. The molecule has 1 saturated heterocycles. The first-order chi connectivity index (χ1) is 10.1. The lowest BCUT2D eigenvalue weighted by molar-refractivity contribution is 0.0889. The summed E-state index contributed by atoms with van der Waals surface area (Å²) in [7, 11) is 3.96. The Morgan fingerprint density at radius 2 is 1.76 bits per heavy atom. The fraction of sp³-hybridized carbons (Fsp3) is 0.235. The van der Waals surface area contributed by atoms with Crippen molar-refractivity contribution in [2.45, 2.75) is 6.04 Å². The van der Waals surface area contributed by atoms with Gasteiger partial charge in [0, 0.05) is 31.9 Å². The van der Waals surface area contributed by atoms with Crippen LogP contribution in [0.1, 0.15) is 22.0 Å². The zero-order valence-electron chi connectivity index (χ0n) is 12.3. The highest BCUT2D eigenvalue weighted by Gasteiger charge is 2.36. The summed E-state index contributed by atoms with van der Waals surface area (Å²) in [5.41, 5.74) is 5.95. The summed E-state index contributed by atoms with van der Waals surface area (Å²) in [6.45, 7) is 0.867. The summed E-state index contributed by atoms with van der Waals surface area (Å²) < 4.78 is 0. The van der Waals surface area contributed by atoms with Gasteiger partial charge >= 0.3 is 0 Å². The quantitative estimate of drug-likeness (QED) is 0.874. The molecule has 0 spiro atoms. The van der Waals surface area contributed by atoms with E-state index >= 15 is 0 Å². The number of nitrogens with one attached hydrogen (secondary N) is 1. The third-order valence-corrected chi connectivity index (χ3v) is 3.69. The summed E-state index contributed by atoms with van der Waals surface area (Å²) in [6, 6.07) is 18.1. The predicted octanol–water partition coefficient (Wildman–Crippen LogP) is 2.45. The van der Waals surface area contributed by atoms with Gasteiger partial charge in [0.1, 0.15) is 0 Å². The number of hydrazine groups is 1. The smallest absolute Gasteiger partial charge is 0.265 e. The number of hydrogen-bond acceptors (Lipinski definition) is 3. The number of carbonyl (C=O) groups is 1. The molecule has 4 heteroatoms. The third kappa shape index (κ3) is 3.06.